The van der Waals surface area contributed by atoms with Gasteiger partial charge in [-0.2, -0.15) is 8.42 Å². The third-order valence-corrected chi connectivity index (χ3v) is 9.08. The van der Waals surface area contributed by atoms with Crippen LogP contribution in [0.3, 0.4) is 0 Å². The molecule has 0 saturated heterocycles. The molecule has 2 atom stereocenters. The third kappa shape index (κ3) is 4.27. The smallest absolute Gasteiger partial charge is 0.294 e. The molecular formula is C26H26N2O8S2. The Balaban J connectivity index is 1.46. The summed E-state index contributed by atoms with van der Waals surface area (Å²) in [4.78, 5) is 26.7. The first-order valence-electron chi connectivity index (χ1n) is 11.7. The van der Waals surface area contributed by atoms with Gasteiger partial charge in [0, 0.05) is 27.1 Å². The lowest BCUT2D eigenvalue weighted by Crippen LogP contribution is -2.66. The number of anilines is 2. The average Bonchev–Trinajstić information content (AvgIpc) is 3.26. The minimum Gasteiger partial charge on any atom is -0.378 e. The molecular weight excluding hydrogens is 532 g/mol. The molecule has 3 aromatic carbocycles. The van der Waals surface area contributed by atoms with E-state index >= 15 is 0 Å². The van der Waals surface area contributed by atoms with Gasteiger partial charge in [-0.1, -0.05) is 32.7 Å². The quantitative estimate of drug-likeness (QED) is 0.152. The molecule has 200 valence electrons. The molecule has 2 aliphatic heterocycles. The van der Waals surface area contributed by atoms with Crippen molar-refractivity contribution in [2.45, 2.75) is 60.4 Å². The van der Waals surface area contributed by atoms with Crippen molar-refractivity contribution in [1.82, 2.24) is 0 Å². The van der Waals surface area contributed by atoms with E-state index in [1.807, 2.05) is 39.8 Å². The van der Waals surface area contributed by atoms with Crippen LogP contribution in [-0.2, 0) is 30.3 Å². The monoisotopic (exact) mass is 558 g/mol. The maximum absolute atomic E-state index is 13.1. The van der Waals surface area contributed by atoms with Gasteiger partial charge < -0.3 is 10.6 Å². The second-order valence-electron chi connectivity index (χ2n) is 10.6. The van der Waals surface area contributed by atoms with Crippen LogP contribution in [0.1, 0.15) is 38.8 Å². The van der Waals surface area contributed by atoms with Gasteiger partial charge in [0.1, 0.15) is 0 Å². The van der Waals surface area contributed by atoms with Crippen LogP contribution in [0.2, 0.25) is 0 Å². The zero-order chi connectivity index (χ0) is 27.6. The predicted octanol–water partition coefficient (Wildman–Crippen LogP) is 2.06. The van der Waals surface area contributed by atoms with Gasteiger partial charge in [0.15, 0.2) is 10.9 Å². The van der Waals surface area contributed by atoms with Crippen LogP contribution in [0.25, 0.3) is 12.2 Å². The first-order valence-corrected chi connectivity index (χ1v) is 13.9. The molecule has 0 bridgehead atoms. The highest BCUT2D eigenvalue weighted by Crippen LogP contribution is 2.44. The van der Waals surface area contributed by atoms with Gasteiger partial charge in [-0.25, -0.2) is 5.26 Å². The summed E-state index contributed by atoms with van der Waals surface area (Å²) in [5.41, 5.74) is 1.34. The molecule has 38 heavy (non-hydrogen) atoms. The topological polar surface area (TPSA) is 151 Å². The van der Waals surface area contributed by atoms with Crippen molar-refractivity contribution in [1.29, 1.82) is 0 Å². The Morgan fingerprint density at radius 3 is 1.87 bits per heavy atom. The maximum Gasteiger partial charge on any atom is 0.294 e. The van der Waals surface area contributed by atoms with E-state index in [0.29, 0.717) is 16.1 Å². The SMILES string of the molecule is CC1(C)c2cc(SOOO)ccc2NC1C=c1c(=O)c(=CC2Nc3ccc(S(=O)(=O)O)cc3C2(C)C)c1=O. The Hall–Kier alpha value is -3.00. The first-order chi connectivity index (χ1) is 17.7. The van der Waals surface area contributed by atoms with Crippen molar-refractivity contribution < 1.29 is 27.6 Å². The lowest BCUT2D eigenvalue weighted by molar-refractivity contribution is -0.432. The van der Waals surface area contributed by atoms with Gasteiger partial charge in [-0.05, 0) is 59.7 Å². The summed E-state index contributed by atoms with van der Waals surface area (Å²) in [5, 5.41) is 18.9. The predicted molar refractivity (Wildman–Crippen MR) is 144 cm³/mol. The van der Waals surface area contributed by atoms with Gasteiger partial charge >= 0.3 is 0 Å². The number of benzene rings is 2. The second kappa shape index (κ2) is 9.04. The molecule has 5 rings (SSSR count). The van der Waals surface area contributed by atoms with Crippen LogP contribution in [0.15, 0.2) is 55.8 Å². The van der Waals surface area contributed by atoms with E-state index in [1.165, 1.54) is 12.1 Å². The zero-order valence-electron chi connectivity index (χ0n) is 20.9. The molecule has 0 amide bonds. The van der Waals surface area contributed by atoms with Gasteiger partial charge in [0.25, 0.3) is 10.1 Å². The fourth-order valence-corrected chi connectivity index (χ4v) is 6.14. The highest BCUT2D eigenvalue weighted by molar-refractivity contribution is 7.94. The molecule has 0 spiro atoms. The fraction of sp³-hybridized carbons (Fsp3) is 0.308. The molecule has 0 fully saturated rings. The molecule has 10 nitrogen and oxygen atoms in total. The van der Waals surface area contributed by atoms with Crippen LogP contribution < -0.4 is 31.9 Å². The molecule has 2 aliphatic rings. The summed E-state index contributed by atoms with van der Waals surface area (Å²) in [7, 11) is -4.37. The molecule has 3 aromatic rings. The Bertz CT molecular complexity index is 1720. The van der Waals surface area contributed by atoms with E-state index in [1.54, 1.807) is 24.3 Å². The van der Waals surface area contributed by atoms with Crippen molar-refractivity contribution >= 4 is 45.7 Å². The van der Waals surface area contributed by atoms with Crippen molar-refractivity contribution in [2.75, 3.05) is 10.6 Å². The minimum atomic E-state index is -4.37. The van der Waals surface area contributed by atoms with Gasteiger partial charge in [-0.15, -0.1) is 4.33 Å². The Morgan fingerprint density at radius 2 is 1.37 bits per heavy atom. The molecule has 4 N–H and O–H groups in total. The van der Waals surface area contributed by atoms with Crippen LogP contribution in [0.4, 0.5) is 11.4 Å². The number of nitrogens with one attached hydrogen (secondary N) is 2. The molecule has 0 radical (unpaired) electrons. The van der Waals surface area contributed by atoms with Crippen molar-refractivity contribution in [2.24, 2.45) is 0 Å². The summed E-state index contributed by atoms with van der Waals surface area (Å²) in [6.45, 7) is 7.74. The van der Waals surface area contributed by atoms with Crippen LogP contribution in [-0.4, -0.2) is 30.3 Å². The van der Waals surface area contributed by atoms with Crippen molar-refractivity contribution in [3.8, 4) is 0 Å². The standard InChI is InChI=1S/C26H26N2O8S2/c1-25(2)17-9-13(37-36-35-31)5-7-19(17)27-21(25)11-15-23(29)16(24(15)30)12-22-26(3,4)18-10-14(38(32,33)34)6-8-20(18)28-22/h5-12,21-22,27-28,31H,1-4H3,(H,32,33,34). The summed E-state index contributed by atoms with van der Waals surface area (Å²) < 4.78 is 37.1. The largest absolute Gasteiger partial charge is 0.378 e. The normalized spacial score (nSPS) is 20.9. The molecule has 2 unspecified atom stereocenters. The van der Waals surface area contributed by atoms with Crippen LogP contribution >= 0.6 is 12.0 Å². The number of fused-ring (bicyclic) bond motifs is 2. The van der Waals surface area contributed by atoms with Crippen molar-refractivity contribution in [3.05, 3.63) is 78.4 Å². The Labute approximate surface area is 222 Å². The molecule has 0 aromatic heterocycles. The first kappa shape index (κ1) is 26.6. The minimum absolute atomic E-state index is 0.0813. The van der Waals surface area contributed by atoms with Gasteiger partial charge in [-0.3, -0.25) is 14.1 Å². The third-order valence-electron chi connectivity index (χ3n) is 7.65. The van der Waals surface area contributed by atoms with E-state index in [-0.39, 0.29) is 32.2 Å². The number of hydrogen-bond acceptors (Lipinski definition) is 10. The summed E-state index contributed by atoms with van der Waals surface area (Å²) in [6.07, 6.45) is 3.27. The van der Waals surface area contributed by atoms with E-state index < -0.39 is 27.0 Å². The number of rotatable bonds is 6. The van der Waals surface area contributed by atoms with Crippen LogP contribution in [0.5, 0.6) is 0 Å². The van der Waals surface area contributed by atoms with E-state index in [4.69, 9.17) is 5.26 Å². The van der Waals surface area contributed by atoms with E-state index in [2.05, 4.69) is 20.0 Å². The Kier molecular flexibility index (Phi) is 6.33. The highest BCUT2D eigenvalue weighted by Gasteiger charge is 2.40. The summed E-state index contributed by atoms with van der Waals surface area (Å²) in [6, 6.07) is 9.04. The lowest BCUT2D eigenvalue weighted by Gasteiger charge is -2.26. The lowest BCUT2D eigenvalue weighted by atomic mass is 9.79. The molecule has 12 heteroatoms. The highest BCUT2D eigenvalue weighted by atomic mass is 32.2. The second-order valence-corrected chi connectivity index (χ2v) is 12.8. The fourth-order valence-electron chi connectivity index (χ4n) is 5.23. The zero-order valence-corrected chi connectivity index (χ0v) is 22.6. The van der Waals surface area contributed by atoms with Gasteiger partial charge in [0.05, 0.1) is 39.5 Å². The van der Waals surface area contributed by atoms with Gasteiger partial charge in [0.2, 0.25) is 0 Å². The molecule has 0 saturated carbocycles. The van der Waals surface area contributed by atoms with E-state index in [9.17, 15) is 22.6 Å². The van der Waals surface area contributed by atoms with Crippen molar-refractivity contribution in [3.63, 3.8) is 0 Å². The van der Waals surface area contributed by atoms with Crippen LogP contribution in [0, 0.1) is 0 Å². The molecule has 2 heterocycles. The number of hydrogen-bond donors (Lipinski definition) is 4. The molecule has 0 aliphatic carbocycles. The maximum atomic E-state index is 13.1. The summed E-state index contributed by atoms with van der Waals surface area (Å²) >= 11 is 0.852. The Morgan fingerprint density at radius 1 is 0.868 bits per heavy atom. The summed E-state index contributed by atoms with van der Waals surface area (Å²) in [5.74, 6) is 0. The average molecular weight is 559 g/mol. The van der Waals surface area contributed by atoms with E-state index in [0.717, 1.165) is 23.3 Å².